The number of carbonyl (C=O) groups excluding carboxylic acids is 1. The highest BCUT2D eigenvalue weighted by molar-refractivity contribution is 5.75. The van der Waals surface area contributed by atoms with Gasteiger partial charge in [0.2, 0.25) is 12.7 Å². The van der Waals surface area contributed by atoms with Crippen molar-refractivity contribution in [1.82, 2.24) is 10.6 Å². The van der Waals surface area contributed by atoms with Crippen molar-refractivity contribution in [2.75, 3.05) is 27.0 Å². The fourth-order valence-electron chi connectivity index (χ4n) is 1.88. The molecule has 2 rings (SSSR count). The minimum Gasteiger partial charge on any atom is -0.493 e. The van der Waals surface area contributed by atoms with Crippen molar-refractivity contribution in [3.8, 4) is 17.2 Å². The summed E-state index contributed by atoms with van der Waals surface area (Å²) in [7, 11) is 1.61. The van der Waals surface area contributed by atoms with E-state index in [1.165, 1.54) is 0 Å². The average molecular weight is 280 g/mol. The monoisotopic (exact) mass is 280 g/mol. The third kappa shape index (κ3) is 3.54. The zero-order valence-corrected chi connectivity index (χ0v) is 11.8. The third-order valence-electron chi connectivity index (χ3n) is 2.99. The van der Waals surface area contributed by atoms with Gasteiger partial charge in [-0.05, 0) is 12.6 Å². The van der Waals surface area contributed by atoms with Crippen molar-refractivity contribution in [2.45, 2.75) is 19.9 Å². The lowest BCUT2D eigenvalue weighted by molar-refractivity contribution is -0.121. The van der Waals surface area contributed by atoms with Crippen LogP contribution in [0.2, 0.25) is 0 Å². The Morgan fingerprint density at radius 3 is 2.80 bits per heavy atom. The van der Waals surface area contributed by atoms with Gasteiger partial charge in [0.1, 0.15) is 5.75 Å². The molecule has 1 amide bonds. The summed E-state index contributed by atoms with van der Waals surface area (Å²) in [4.78, 5) is 11.2. The van der Waals surface area contributed by atoms with Gasteiger partial charge in [-0.2, -0.15) is 0 Å². The van der Waals surface area contributed by atoms with Crippen molar-refractivity contribution in [3.63, 3.8) is 0 Å². The first-order chi connectivity index (χ1) is 9.74. The van der Waals surface area contributed by atoms with E-state index in [9.17, 15) is 4.79 Å². The minimum absolute atomic E-state index is 0.0426. The molecule has 1 aliphatic heterocycles. The molecule has 0 aliphatic carbocycles. The van der Waals surface area contributed by atoms with Crippen LogP contribution >= 0.6 is 0 Å². The number of carbonyl (C=O) groups is 1. The highest BCUT2D eigenvalue weighted by Gasteiger charge is 2.18. The SMILES string of the molecule is CCNCc1cc2c(cc1OCCC(=O)NC)OCO2. The van der Waals surface area contributed by atoms with Crippen LogP contribution in [0.25, 0.3) is 0 Å². The van der Waals surface area contributed by atoms with Gasteiger partial charge in [0, 0.05) is 25.2 Å². The second kappa shape index (κ2) is 7.00. The maximum atomic E-state index is 11.2. The van der Waals surface area contributed by atoms with E-state index >= 15 is 0 Å². The highest BCUT2D eigenvalue weighted by Crippen LogP contribution is 2.38. The first-order valence-corrected chi connectivity index (χ1v) is 6.71. The predicted molar refractivity (Wildman–Crippen MR) is 74.1 cm³/mol. The van der Waals surface area contributed by atoms with E-state index in [4.69, 9.17) is 14.2 Å². The number of benzene rings is 1. The van der Waals surface area contributed by atoms with Crippen molar-refractivity contribution in [3.05, 3.63) is 17.7 Å². The standard InChI is InChI=1S/C14H20N2O4/c1-3-16-8-10-6-12-13(20-9-19-12)7-11(10)18-5-4-14(17)15-2/h6-7,16H,3-5,8-9H2,1-2H3,(H,15,17). The molecule has 0 aromatic heterocycles. The van der Waals surface area contributed by atoms with Crippen LogP contribution in [0, 0.1) is 0 Å². The second-order valence-corrected chi connectivity index (χ2v) is 4.37. The molecule has 0 unspecified atom stereocenters. The molecule has 20 heavy (non-hydrogen) atoms. The van der Waals surface area contributed by atoms with E-state index in [1.807, 2.05) is 19.1 Å². The topological polar surface area (TPSA) is 68.8 Å². The van der Waals surface area contributed by atoms with E-state index in [2.05, 4.69) is 10.6 Å². The van der Waals surface area contributed by atoms with Crippen LogP contribution in [0.15, 0.2) is 12.1 Å². The van der Waals surface area contributed by atoms with Gasteiger partial charge in [-0.3, -0.25) is 4.79 Å². The summed E-state index contributed by atoms with van der Waals surface area (Å²) < 4.78 is 16.4. The molecule has 6 heteroatoms. The molecular weight excluding hydrogens is 260 g/mol. The van der Waals surface area contributed by atoms with Crippen LogP contribution in [0.1, 0.15) is 18.9 Å². The molecule has 1 aromatic carbocycles. The van der Waals surface area contributed by atoms with Crippen molar-refractivity contribution in [2.24, 2.45) is 0 Å². The van der Waals surface area contributed by atoms with Gasteiger partial charge >= 0.3 is 0 Å². The van der Waals surface area contributed by atoms with Crippen LogP contribution in [0.4, 0.5) is 0 Å². The fraction of sp³-hybridized carbons (Fsp3) is 0.500. The van der Waals surface area contributed by atoms with E-state index in [0.717, 1.165) is 23.6 Å². The van der Waals surface area contributed by atoms with Gasteiger partial charge in [-0.15, -0.1) is 0 Å². The summed E-state index contributed by atoms with van der Waals surface area (Å²) in [5, 5.41) is 5.82. The summed E-state index contributed by atoms with van der Waals surface area (Å²) in [5.74, 6) is 2.09. The van der Waals surface area contributed by atoms with Crippen LogP contribution in [-0.4, -0.2) is 32.9 Å². The number of hydrogen-bond acceptors (Lipinski definition) is 5. The molecule has 0 spiro atoms. The van der Waals surface area contributed by atoms with Crippen molar-refractivity contribution < 1.29 is 19.0 Å². The molecule has 0 fully saturated rings. The van der Waals surface area contributed by atoms with Crippen LogP contribution in [0.3, 0.4) is 0 Å². The molecular formula is C14H20N2O4. The van der Waals surface area contributed by atoms with Crippen LogP contribution in [0.5, 0.6) is 17.2 Å². The molecule has 6 nitrogen and oxygen atoms in total. The molecule has 0 atom stereocenters. The molecule has 2 N–H and O–H groups in total. The Morgan fingerprint density at radius 1 is 1.35 bits per heavy atom. The lowest BCUT2D eigenvalue weighted by atomic mass is 10.1. The van der Waals surface area contributed by atoms with Crippen LogP contribution < -0.4 is 24.8 Å². The Bertz CT molecular complexity index is 476. The quantitative estimate of drug-likeness (QED) is 0.781. The maximum absolute atomic E-state index is 11.2. The Kier molecular flexibility index (Phi) is 5.06. The summed E-state index contributed by atoms with van der Waals surface area (Å²) in [6, 6.07) is 3.74. The Hall–Kier alpha value is -1.95. The summed E-state index contributed by atoms with van der Waals surface area (Å²) in [6.45, 7) is 4.16. The number of nitrogens with one attached hydrogen (secondary N) is 2. The molecule has 0 saturated heterocycles. The Morgan fingerprint density at radius 2 is 2.10 bits per heavy atom. The number of rotatable bonds is 7. The Labute approximate surface area is 118 Å². The predicted octanol–water partition coefficient (Wildman–Crippen LogP) is 1.04. The zero-order chi connectivity index (χ0) is 14.4. The molecule has 1 aliphatic rings. The highest BCUT2D eigenvalue weighted by atomic mass is 16.7. The normalized spacial score (nSPS) is 12.3. The molecule has 0 saturated carbocycles. The smallest absolute Gasteiger partial charge is 0.231 e. The summed E-state index contributed by atoms with van der Waals surface area (Å²) >= 11 is 0. The minimum atomic E-state index is -0.0426. The lowest BCUT2D eigenvalue weighted by Gasteiger charge is -2.12. The number of fused-ring (bicyclic) bond motifs is 1. The number of ether oxygens (including phenoxy) is 3. The Balaban J connectivity index is 2.06. The summed E-state index contributed by atoms with van der Waals surface area (Å²) in [5.41, 5.74) is 0.994. The van der Waals surface area contributed by atoms with E-state index < -0.39 is 0 Å². The van der Waals surface area contributed by atoms with Crippen molar-refractivity contribution in [1.29, 1.82) is 0 Å². The third-order valence-corrected chi connectivity index (χ3v) is 2.99. The summed E-state index contributed by atoms with van der Waals surface area (Å²) in [6.07, 6.45) is 0.325. The van der Waals surface area contributed by atoms with Gasteiger partial charge in [0.15, 0.2) is 11.5 Å². The number of hydrogen-bond donors (Lipinski definition) is 2. The fourth-order valence-corrected chi connectivity index (χ4v) is 1.88. The van der Waals surface area contributed by atoms with Gasteiger partial charge < -0.3 is 24.8 Å². The van der Waals surface area contributed by atoms with Gasteiger partial charge in [-0.25, -0.2) is 0 Å². The second-order valence-electron chi connectivity index (χ2n) is 4.37. The van der Waals surface area contributed by atoms with Crippen molar-refractivity contribution >= 4 is 5.91 Å². The zero-order valence-electron chi connectivity index (χ0n) is 11.8. The number of amides is 1. The maximum Gasteiger partial charge on any atom is 0.231 e. The van der Waals surface area contributed by atoms with Crippen LogP contribution in [-0.2, 0) is 11.3 Å². The van der Waals surface area contributed by atoms with Gasteiger partial charge in [0.05, 0.1) is 13.0 Å². The van der Waals surface area contributed by atoms with E-state index in [0.29, 0.717) is 25.3 Å². The first kappa shape index (κ1) is 14.5. The average Bonchev–Trinajstić information content (AvgIpc) is 2.91. The van der Waals surface area contributed by atoms with Gasteiger partial charge in [-0.1, -0.05) is 6.92 Å². The largest absolute Gasteiger partial charge is 0.493 e. The molecule has 0 bridgehead atoms. The first-order valence-electron chi connectivity index (χ1n) is 6.71. The molecule has 110 valence electrons. The van der Waals surface area contributed by atoms with E-state index in [1.54, 1.807) is 7.05 Å². The van der Waals surface area contributed by atoms with E-state index in [-0.39, 0.29) is 12.7 Å². The molecule has 1 heterocycles. The van der Waals surface area contributed by atoms with Gasteiger partial charge in [0.25, 0.3) is 0 Å². The molecule has 1 aromatic rings. The molecule has 0 radical (unpaired) electrons. The lowest BCUT2D eigenvalue weighted by Crippen LogP contribution is -2.20.